The predicted molar refractivity (Wildman–Crippen MR) is 44.1 cm³/mol. The number of nitrogens with one attached hydrogen (secondary N) is 1. The van der Waals surface area contributed by atoms with Gasteiger partial charge in [0.05, 0.1) is 5.69 Å². The minimum Gasteiger partial charge on any atom is -0.459 e. The van der Waals surface area contributed by atoms with Crippen LogP contribution in [0.5, 0.6) is 0 Å². The summed E-state index contributed by atoms with van der Waals surface area (Å²) < 4.78 is 4.69. The van der Waals surface area contributed by atoms with Crippen LogP contribution in [0.3, 0.4) is 0 Å². The smallest absolute Gasteiger partial charge is 0.303 e. The fourth-order valence-electron chi connectivity index (χ4n) is 0.790. The van der Waals surface area contributed by atoms with E-state index < -0.39 is 0 Å². The zero-order chi connectivity index (χ0) is 9.84. The van der Waals surface area contributed by atoms with Crippen molar-refractivity contribution in [1.29, 1.82) is 0 Å². The summed E-state index contributed by atoms with van der Waals surface area (Å²) in [5.41, 5.74) is 0.542. The number of aromatic nitrogens is 2. The Bertz CT molecular complexity index is 330. The lowest BCUT2D eigenvalue weighted by Crippen LogP contribution is -2.00. The van der Waals surface area contributed by atoms with Gasteiger partial charge in [0.1, 0.15) is 6.61 Å². The fourth-order valence-corrected chi connectivity index (χ4v) is 0.790. The van der Waals surface area contributed by atoms with Gasteiger partial charge in [-0.25, -0.2) is 4.98 Å². The monoisotopic (exact) mass is 182 g/mol. The maximum Gasteiger partial charge on any atom is 0.303 e. The molecule has 0 atom stereocenters. The van der Waals surface area contributed by atoms with E-state index in [9.17, 15) is 9.59 Å². The second-order valence-corrected chi connectivity index (χ2v) is 2.58. The maximum absolute atomic E-state index is 10.8. The third kappa shape index (κ3) is 2.70. The molecule has 0 fully saturated rings. The normalized spacial score (nSPS) is 9.69. The average Bonchev–Trinajstić information content (AvgIpc) is 2.48. The molecule has 0 saturated carbocycles. The predicted octanol–water partition coefficient (Wildman–Crippen LogP) is 0.675. The van der Waals surface area contributed by atoms with Crippen LogP contribution in [0.1, 0.15) is 30.2 Å². The minimum atomic E-state index is -0.368. The van der Waals surface area contributed by atoms with Crippen molar-refractivity contribution in [2.24, 2.45) is 0 Å². The van der Waals surface area contributed by atoms with E-state index in [4.69, 9.17) is 0 Å². The first-order chi connectivity index (χ1) is 6.09. The summed E-state index contributed by atoms with van der Waals surface area (Å²) in [7, 11) is 0. The van der Waals surface area contributed by atoms with Gasteiger partial charge in [-0.2, -0.15) is 0 Å². The molecule has 0 radical (unpaired) electrons. The molecule has 0 bridgehead atoms. The lowest BCUT2D eigenvalue weighted by atomic mass is 10.4. The molecule has 5 nitrogen and oxygen atoms in total. The molecular weight excluding hydrogens is 172 g/mol. The van der Waals surface area contributed by atoms with Crippen LogP contribution >= 0.6 is 0 Å². The Balaban J connectivity index is 2.59. The summed E-state index contributed by atoms with van der Waals surface area (Å²) in [4.78, 5) is 27.8. The third-order valence-electron chi connectivity index (χ3n) is 1.39. The van der Waals surface area contributed by atoms with Crippen molar-refractivity contribution in [2.45, 2.75) is 20.5 Å². The van der Waals surface area contributed by atoms with Crippen molar-refractivity contribution < 1.29 is 14.3 Å². The summed E-state index contributed by atoms with van der Waals surface area (Å²) in [5.74, 6) is -0.233. The highest BCUT2D eigenvalue weighted by Crippen LogP contribution is 1.99. The summed E-state index contributed by atoms with van der Waals surface area (Å²) in [6.07, 6.45) is 1.54. The molecule has 0 aliphatic rings. The SMILES string of the molecule is CC(=O)OCc1c[nH]c(C(C)=O)n1. The van der Waals surface area contributed by atoms with Gasteiger partial charge < -0.3 is 9.72 Å². The Labute approximate surface area is 75.1 Å². The number of aromatic amines is 1. The van der Waals surface area contributed by atoms with E-state index in [1.54, 1.807) is 6.20 Å². The van der Waals surface area contributed by atoms with Gasteiger partial charge in [-0.3, -0.25) is 9.59 Å². The molecule has 0 aliphatic carbocycles. The highest BCUT2D eigenvalue weighted by atomic mass is 16.5. The van der Waals surface area contributed by atoms with Crippen molar-refractivity contribution >= 4 is 11.8 Å². The summed E-state index contributed by atoms with van der Waals surface area (Å²) in [6.45, 7) is 2.83. The quantitative estimate of drug-likeness (QED) is 0.551. The first-order valence-electron chi connectivity index (χ1n) is 3.78. The number of hydrogen-bond donors (Lipinski definition) is 1. The second kappa shape index (κ2) is 3.84. The fraction of sp³-hybridized carbons (Fsp3) is 0.375. The number of H-pyrrole nitrogens is 1. The molecule has 70 valence electrons. The highest BCUT2D eigenvalue weighted by Gasteiger charge is 2.05. The van der Waals surface area contributed by atoms with Crippen LogP contribution in [0, 0.1) is 0 Å². The van der Waals surface area contributed by atoms with E-state index in [1.807, 2.05) is 0 Å². The molecule has 0 spiro atoms. The molecule has 0 aromatic carbocycles. The van der Waals surface area contributed by atoms with Crippen LogP contribution in [0.25, 0.3) is 0 Å². The van der Waals surface area contributed by atoms with Crippen LogP contribution in [0.4, 0.5) is 0 Å². The van der Waals surface area contributed by atoms with E-state index in [1.165, 1.54) is 13.8 Å². The molecule has 1 N–H and O–H groups in total. The van der Waals surface area contributed by atoms with Gasteiger partial charge in [0, 0.05) is 20.0 Å². The van der Waals surface area contributed by atoms with Gasteiger partial charge in [0.25, 0.3) is 0 Å². The van der Waals surface area contributed by atoms with Gasteiger partial charge in [-0.1, -0.05) is 0 Å². The Hall–Kier alpha value is -1.65. The number of carbonyl (C=O) groups is 2. The van der Waals surface area contributed by atoms with Gasteiger partial charge in [0.2, 0.25) is 0 Å². The molecule has 0 saturated heterocycles. The largest absolute Gasteiger partial charge is 0.459 e. The molecule has 0 aliphatic heterocycles. The number of ketones is 1. The average molecular weight is 182 g/mol. The van der Waals surface area contributed by atoms with Gasteiger partial charge in [-0.15, -0.1) is 0 Å². The molecule has 1 heterocycles. The molecule has 5 heteroatoms. The standard InChI is InChI=1S/C8H10N2O3/c1-5(11)8-9-3-7(10-8)4-13-6(2)12/h3H,4H2,1-2H3,(H,9,10). The number of esters is 1. The summed E-state index contributed by atoms with van der Waals surface area (Å²) in [5, 5.41) is 0. The molecular formula is C8H10N2O3. The van der Waals surface area contributed by atoms with Crippen LogP contribution < -0.4 is 0 Å². The Kier molecular flexibility index (Phi) is 2.79. The third-order valence-corrected chi connectivity index (χ3v) is 1.39. The topological polar surface area (TPSA) is 72.1 Å². The van der Waals surface area contributed by atoms with Crippen molar-refractivity contribution in [3.8, 4) is 0 Å². The molecule has 0 unspecified atom stereocenters. The van der Waals surface area contributed by atoms with Gasteiger partial charge in [0.15, 0.2) is 11.6 Å². The number of imidazole rings is 1. The maximum atomic E-state index is 10.8. The number of nitrogens with zero attached hydrogens (tertiary/aromatic N) is 1. The molecule has 1 aromatic heterocycles. The number of hydrogen-bond acceptors (Lipinski definition) is 4. The number of Topliss-reactive ketones (excluding diaryl/α,β-unsaturated/α-hetero) is 1. The molecule has 0 amide bonds. The van der Waals surface area contributed by atoms with Gasteiger partial charge in [-0.05, 0) is 0 Å². The van der Waals surface area contributed by atoms with Crippen LogP contribution in [0.15, 0.2) is 6.20 Å². The zero-order valence-corrected chi connectivity index (χ0v) is 7.46. The zero-order valence-electron chi connectivity index (χ0n) is 7.46. The summed E-state index contributed by atoms with van der Waals surface area (Å²) in [6, 6.07) is 0. The minimum absolute atomic E-state index is 0.0963. The number of carbonyl (C=O) groups excluding carboxylic acids is 2. The second-order valence-electron chi connectivity index (χ2n) is 2.58. The Morgan fingerprint density at radius 2 is 2.23 bits per heavy atom. The van der Waals surface area contributed by atoms with Crippen molar-refractivity contribution in [1.82, 2.24) is 9.97 Å². The van der Waals surface area contributed by atoms with Crippen LogP contribution in [-0.2, 0) is 16.1 Å². The number of ether oxygens (including phenoxy) is 1. The number of rotatable bonds is 3. The van der Waals surface area contributed by atoms with Crippen molar-refractivity contribution in [2.75, 3.05) is 0 Å². The summed E-state index contributed by atoms with van der Waals surface area (Å²) >= 11 is 0. The van der Waals surface area contributed by atoms with Crippen molar-refractivity contribution in [3.63, 3.8) is 0 Å². The Morgan fingerprint density at radius 3 is 2.69 bits per heavy atom. The lowest BCUT2D eigenvalue weighted by Gasteiger charge is -1.95. The van der Waals surface area contributed by atoms with E-state index >= 15 is 0 Å². The molecule has 1 aromatic rings. The van der Waals surface area contributed by atoms with Gasteiger partial charge >= 0.3 is 5.97 Å². The van der Waals surface area contributed by atoms with Crippen LogP contribution in [-0.4, -0.2) is 21.7 Å². The molecule has 1 rings (SSSR count). The first kappa shape index (κ1) is 9.44. The lowest BCUT2D eigenvalue weighted by molar-refractivity contribution is -0.142. The Morgan fingerprint density at radius 1 is 1.54 bits per heavy atom. The highest BCUT2D eigenvalue weighted by molar-refractivity contribution is 5.90. The van der Waals surface area contributed by atoms with Crippen LogP contribution in [0.2, 0.25) is 0 Å². The van der Waals surface area contributed by atoms with E-state index in [2.05, 4.69) is 14.7 Å². The first-order valence-corrected chi connectivity index (χ1v) is 3.78. The van der Waals surface area contributed by atoms with E-state index in [0.717, 1.165) is 0 Å². The van der Waals surface area contributed by atoms with E-state index in [0.29, 0.717) is 5.69 Å². The molecule has 13 heavy (non-hydrogen) atoms. The van der Waals surface area contributed by atoms with E-state index in [-0.39, 0.29) is 24.2 Å². The van der Waals surface area contributed by atoms with Crippen molar-refractivity contribution in [3.05, 3.63) is 17.7 Å².